The van der Waals surface area contributed by atoms with Crippen molar-refractivity contribution in [1.29, 1.82) is 0 Å². The summed E-state index contributed by atoms with van der Waals surface area (Å²) in [4.78, 5) is 0. The van der Waals surface area contributed by atoms with E-state index in [4.69, 9.17) is 5.10 Å². The van der Waals surface area contributed by atoms with E-state index in [2.05, 4.69) is 41.4 Å². The molecule has 2 heterocycles. The van der Waals surface area contributed by atoms with Gasteiger partial charge in [0.2, 0.25) is 0 Å². The van der Waals surface area contributed by atoms with Crippen LogP contribution in [0.1, 0.15) is 23.2 Å². The topological polar surface area (TPSA) is 43.6 Å². The smallest absolute Gasteiger partial charge is 0.123 e. The number of aryl methyl sites for hydroxylation is 3. The van der Waals surface area contributed by atoms with Gasteiger partial charge in [0.25, 0.3) is 0 Å². The normalized spacial score (nSPS) is 11.0. The fourth-order valence-electron chi connectivity index (χ4n) is 3.73. The van der Waals surface area contributed by atoms with Gasteiger partial charge in [0, 0.05) is 29.4 Å². The average molecular weight is 386 g/mol. The molecule has 2 aromatic heterocycles. The van der Waals surface area contributed by atoms with Crippen LogP contribution in [0.3, 0.4) is 0 Å². The van der Waals surface area contributed by atoms with Crippen LogP contribution in [0.15, 0.2) is 67.0 Å². The Kier molecular flexibility index (Phi) is 5.47. The van der Waals surface area contributed by atoms with Gasteiger partial charge in [-0.3, -0.25) is 4.68 Å². The summed E-state index contributed by atoms with van der Waals surface area (Å²) in [6.45, 7) is 2.15. The molecular weight excluding hydrogens is 363 g/mol. The molecule has 4 nitrogen and oxygen atoms in total. The van der Waals surface area contributed by atoms with Crippen molar-refractivity contribution in [3.63, 3.8) is 0 Å². The van der Waals surface area contributed by atoms with Gasteiger partial charge in [-0.15, -0.1) is 0 Å². The van der Waals surface area contributed by atoms with Crippen molar-refractivity contribution >= 4 is 0 Å². The molecule has 0 aliphatic heterocycles. The number of nitrogens with zero attached hydrogens (tertiary/aromatic N) is 4. The molecular formula is C24H23FN4. The van der Waals surface area contributed by atoms with Crippen LogP contribution in [-0.4, -0.2) is 20.0 Å². The minimum atomic E-state index is -0.254. The number of halogens is 1. The van der Waals surface area contributed by atoms with Gasteiger partial charge in [-0.25, -0.2) is 4.39 Å². The molecule has 0 atom stereocenters. The Morgan fingerprint density at radius 2 is 1.69 bits per heavy atom. The van der Waals surface area contributed by atoms with Gasteiger partial charge in [-0.2, -0.15) is 15.3 Å². The summed E-state index contributed by atoms with van der Waals surface area (Å²) in [7, 11) is 1.97. The highest BCUT2D eigenvalue weighted by atomic mass is 19.1. The third-order valence-corrected chi connectivity index (χ3v) is 5.28. The average Bonchev–Trinajstić information content (AvgIpc) is 3.07. The molecule has 0 bridgehead atoms. The van der Waals surface area contributed by atoms with Crippen molar-refractivity contribution in [1.82, 2.24) is 20.0 Å². The predicted octanol–water partition coefficient (Wildman–Crippen LogP) is 5.17. The monoisotopic (exact) mass is 386 g/mol. The lowest BCUT2D eigenvalue weighted by Crippen LogP contribution is -2.01. The quantitative estimate of drug-likeness (QED) is 0.459. The Morgan fingerprint density at radius 1 is 0.897 bits per heavy atom. The molecule has 0 spiro atoms. The number of hydrogen-bond acceptors (Lipinski definition) is 3. The van der Waals surface area contributed by atoms with Crippen molar-refractivity contribution < 1.29 is 4.39 Å². The van der Waals surface area contributed by atoms with Crippen LogP contribution < -0.4 is 0 Å². The van der Waals surface area contributed by atoms with Gasteiger partial charge in [0.15, 0.2) is 0 Å². The maximum absolute atomic E-state index is 13.4. The molecule has 29 heavy (non-hydrogen) atoms. The number of benzene rings is 2. The Bertz CT molecular complexity index is 1100. The molecule has 0 aliphatic rings. The highest BCUT2D eigenvalue weighted by molar-refractivity contribution is 5.82. The molecule has 0 radical (unpaired) electrons. The highest BCUT2D eigenvalue weighted by Gasteiger charge is 2.19. The van der Waals surface area contributed by atoms with Crippen LogP contribution in [0.4, 0.5) is 4.39 Å². The molecule has 0 aliphatic carbocycles. The van der Waals surface area contributed by atoms with Crippen LogP contribution in [0.5, 0.6) is 0 Å². The minimum Gasteiger partial charge on any atom is -0.271 e. The van der Waals surface area contributed by atoms with Crippen molar-refractivity contribution in [2.24, 2.45) is 7.05 Å². The van der Waals surface area contributed by atoms with Crippen molar-refractivity contribution in [3.05, 3.63) is 89.6 Å². The molecule has 2 aromatic carbocycles. The molecule has 146 valence electrons. The lowest BCUT2D eigenvalue weighted by atomic mass is 9.96. The Balaban J connectivity index is 1.69. The van der Waals surface area contributed by atoms with Gasteiger partial charge in [0.1, 0.15) is 11.5 Å². The van der Waals surface area contributed by atoms with Gasteiger partial charge in [-0.05, 0) is 67.6 Å². The SMILES string of the molecule is Cc1ccccc1CCCc1c(-c2ccnnc2)c(-c2ccc(F)cc2)nn1C. The van der Waals surface area contributed by atoms with Crippen molar-refractivity contribution in [2.75, 3.05) is 0 Å². The maximum Gasteiger partial charge on any atom is 0.123 e. The van der Waals surface area contributed by atoms with E-state index in [-0.39, 0.29) is 5.82 Å². The van der Waals surface area contributed by atoms with Crippen LogP contribution in [0.2, 0.25) is 0 Å². The zero-order valence-corrected chi connectivity index (χ0v) is 16.6. The van der Waals surface area contributed by atoms with Gasteiger partial charge < -0.3 is 0 Å². The van der Waals surface area contributed by atoms with Gasteiger partial charge >= 0.3 is 0 Å². The van der Waals surface area contributed by atoms with Crippen molar-refractivity contribution in [2.45, 2.75) is 26.2 Å². The van der Waals surface area contributed by atoms with E-state index in [1.807, 2.05) is 17.8 Å². The van der Waals surface area contributed by atoms with E-state index < -0.39 is 0 Å². The first-order valence-electron chi connectivity index (χ1n) is 9.77. The highest BCUT2D eigenvalue weighted by Crippen LogP contribution is 2.34. The lowest BCUT2D eigenvalue weighted by molar-refractivity contribution is 0.628. The molecule has 0 amide bonds. The third-order valence-electron chi connectivity index (χ3n) is 5.28. The molecule has 0 N–H and O–H groups in total. The molecule has 4 rings (SSSR count). The fraction of sp³-hybridized carbons (Fsp3) is 0.208. The van der Waals surface area contributed by atoms with Gasteiger partial charge in [0.05, 0.1) is 12.4 Å². The predicted molar refractivity (Wildman–Crippen MR) is 113 cm³/mol. The Labute approximate surface area is 170 Å². The number of aromatic nitrogens is 4. The minimum absolute atomic E-state index is 0.254. The standard InChI is InChI=1S/C24H23FN4/c1-17-6-3-4-7-18(17)8-5-9-22-23(20-14-15-26-27-16-20)24(28-29(22)2)19-10-12-21(25)13-11-19/h3-4,6-7,10-16H,5,8-9H2,1-2H3. The Morgan fingerprint density at radius 3 is 2.41 bits per heavy atom. The van der Waals surface area contributed by atoms with Crippen LogP contribution in [-0.2, 0) is 19.9 Å². The lowest BCUT2D eigenvalue weighted by Gasteiger charge is -2.09. The summed E-state index contributed by atoms with van der Waals surface area (Å²) in [5, 5.41) is 12.7. The largest absolute Gasteiger partial charge is 0.271 e. The summed E-state index contributed by atoms with van der Waals surface area (Å²) < 4.78 is 15.4. The first-order chi connectivity index (χ1) is 14.1. The van der Waals surface area contributed by atoms with Crippen molar-refractivity contribution in [3.8, 4) is 22.4 Å². The van der Waals surface area contributed by atoms with Crippen LogP contribution in [0, 0.1) is 12.7 Å². The van der Waals surface area contributed by atoms with E-state index in [1.165, 1.54) is 23.3 Å². The van der Waals surface area contributed by atoms with E-state index in [0.717, 1.165) is 47.3 Å². The summed E-state index contributed by atoms with van der Waals surface area (Å²) in [6, 6.07) is 16.9. The number of rotatable bonds is 6. The molecule has 4 aromatic rings. The van der Waals surface area contributed by atoms with E-state index in [0.29, 0.717) is 0 Å². The first-order valence-corrected chi connectivity index (χ1v) is 9.77. The van der Waals surface area contributed by atoms with Crippen LogP contribution in [0.25, 0.3) is 22.4 Å². The summed E-state index contributed by atoms with van der Waals surface area (Å²) >= 11 is 0. The van der Waals surface area contributed by atoms with Gasteiger partial charge in [-0.1, -0.05) is 24.3 Å². The van der Waals surface area contributed by atoms with E-state index in [1.54, 1.807) is 24.5 Å². The second-order valence-corrected chi connectivity index (χ2v) is 7.21. The van der Waals surface area contributed by atoms with E-state index in [9.17, 15) is 4.39 Å². The maximum atomic E-state index is 13.4. The summed E-state index contributed by atoms with van der Waals surface area (Å²) in [5.74, 6) is -0.254. The molecule has 0 unspecified atom stereocenters. The molecule has 0 fully saturated rings. The Hall–Kier alpha value is -3.34. The first kappa shape index (κ1) is 19.0. The van der Waals surface area contributed by atoms with E-state index >= 15 is 0 Å². The number of hydrogen-bond donors (Lipinski definition) is 0. The molecule has 5 heteroatoms. The molecule has 0 saturated carbocycles. The summed E-state index contributed by atoms with van der Waals surface area (Å²) in [5.41, 5.74) is 7.58. The fourth-order valence-corrected chi connectivity index (χ4v) is 3.73. The third kappa shape index (κ3) is 4.09. The summed E-state index contributed by atoms with van der Waals surface area (Å²) in [6.07, 6.45) is 6.36. The zero-order valence-electron chi connectivity index (χ0n) is 16.6. The van der Waals surface area contributed by atoms with Crippen LogP contribution >= 0.6 is 0 Å². The second kappa shape index (κ2) is 8.35. The molecule has 0 saturated heterocycles. The zero-order chi connectivity index (χ0) is 20.2. The second-order valence-electron chi connectivity index (χ2n) is 7.21.